The first-order valence-electron chi connectivity index (χ1n) is 14.1. The minimum absolute atomic E-state index is 0.0783. The Balaban J connectivity index is 1.20. The number of benzene rings is 2. The fourth-order valence-electron chi connectivity index (χ4n) is 8.04. The zero-order chi connectivity index (χ0) is 27.4. The van der Waals surface area contributed by atoms with E-state index < -0.39 is 10.0 Å². The van der Waals surface area contributed by atoms with Gasteiger partial charge in [-0.3, -0.25) is 10.1 Å². The van der Waals surface area contributed by atoms with Crippen molar-refractivity contribution in [1.29, 1.82) is 0 Å². The number of carbonyl (C=O) groups is 1. The van der Waals surface area contributed by atoms with E-state index in [2.05, 4.69) is 41.9 Å². The quantitative estimate of drug-likeness (QED) is 0.338. The van der Waals surface area contributed by atoms with Crippen LogP contribution in [0.25, 0.3) is 0 Å². The highest BCUT2D eigenvalue weighted by Crippen LogP contribution is 2.66. The number of nitrogens with one attached hydrogen (secondary N) is 1. The first-order valence-corrected chi connectivity index (χ1v) is 16.4. The number of rotatable bonds is 8. The van der Waals surface area contributed by atoms with Gasteiger partial charge in [-0.25, -0.2) is 13.4 Å². The molecule has 2 aromatic carbocycles. The summed E-state index contributed by atoms with van der Waals surface area (Å²) >= 11 is 1.49. The van der Waals surface area contributed by atoms with Crippen LogP contribution in [0.1, 0.15) is 79.6 Å². The summed E-state index contributed by atoms with van der Waals surface area (Å²) in [6.07, 6.45) is 7.41. The predicted octanol–water partition coefficient (Wildman–Crippen LogP) is 6.52. The number of aryl methyl sites for hydroxylation is 1. The third-order valence-corrected chi connectivity index (χ3v) is 12.3. The molecule has 0 unspecified atom stereocenters. The van der Waals surface area contributed by atoms with Crippen LogP contribution in [0.5, 0.6) is 0 Å². The van der Waals surface area contributed by atoms with Crippen molar-refractivity contribution in [2.24, 2.45) is 11.8 Å². The van der Waals surface area contributed by atoms with Gasteiger partial charge in [0, 0.05) is 29.4 Å². The highest BCUT2D eigenvalue weighted by molar-refractivity contribution is 7.89. The Morgan fingerprint density at radius 2 is 1.59 bits per heavy atom. The summed E-state index contributed by atoms with van der Waals surface area (Å²) in [5, 5.41) is 5.73. The average molecular weight is 564 g/mol. The van der Waals surface area contributed by atoms with Crippen molar-refractivity contribution in [3.8, 4) is 0 Å². The van der Waals surface area contributed by atoms with Crippen molar-refractivity contribution >= 4 is 32.4 Å². The Hall–Kier alpha value is -2.55. The average Bonchev–Trinajstić information content (AvgIpc) is 3.38. The van der Waals surface area contributed by atoms with Gasteiger partial charge in [0.1, 0.15) is 0 Å². The van der Waals surface area contributed by atoms with Crippen LogP contribution >= 0.6 is 11.3 Å². The molecular weight excluding hydrogens is 526 g/mol. The lowest BCUT2D eigenvalue weighted by Crippen LogP contribution is -2.56. The fourth-order valence-corrected chi connectivity index (χ4v) is 10.3. The summed E-state index contributed by atoms with van der Waals surface area (Å²) < 4.78 is 27.0. The molecular formula is C31H37N3O3S2. The van der Waals surface area contributed by atoms with Gasteiger partial charge in [-0.05, 0) is 92.5 Å². The molecule has 0 spiro atoms. The first-order chi connectivity index (χ1) is 18.7. The Morgan fingerprint density at radius 1 is 0.974 bits per heavy atom. The normalized spacial score (nSPS) is 27.7. The van der Waals surface area contributed by atoms with Gasteiger partial charge in [0.15, 0.2) is 5.13 Å². The second-order valence-corrected chi connectivity index (χ2v) is 14.8. The van der Waals surface area contributed by atoms with Crippen LogP contribution in [0.2, 0.25) is 0 Å². The van der Waals surface area contributed by atoms with E-state index in [-0.39, 0.29) is 21.6 Å². The molecule has 1 heterocycles. The molecule has 2 atom stereocenters. The van der Waals surface area contributed by atoms with Gasteiger partial charge in [0.25, 0.3) is 5.91 Å². The Bertz CT molecular complexity index is 1460. The summed E-state index contributed by atoms with van der Waals surface area (Å²) in [5.41, 5.74) is 4.65. The van der Waals surface area contributed by atoms with Crippen molar-refractivity contribution in [2.75, 3.05) is 18.4 Å². The molecule has 1 N–H and O–H groups in total. The maximum Gasteiger partial charge on any atom is 0.257 e. The van der Waals surface area contributed by atoms with E-state index in [1.165, 1.54) is 71.0 Å². The van der Waals surface area contributed by atoms with Crippen LogP contribution in [0.15, 0.2) is 58.8 Å². The molecule has 0 aliphatic heterocycles. The van der Waals surface area contributed by atoms with Crippen LogP contribution in [0.3, 0.4) is 0 Å². The van der Waals surface area contributed by atoms with Crippen LogP contribution in [0.4, 0.5) is 5.13 Å². The summed E-state index contributed by atoms with van der Waals surface area (Å²) in [4.78, 5) is 18.2. The van der Waals surface area contributed by atoms with Crippen molar-refractivity contribution in [3.05, 3.63) is 76.3 Å². The molecule has 4 saturated carbocycles. The van der Waals surface area contributed by atoms with Crippen LogP contribution in [-0.2, 0) is 20.9 Å². The van der Waals surface area contributed by atoms with Crippen molar-refractivity contribution < 1.29 is 13.2 Å². The lowest BCUT2D eigenvalue weighted by Gasteiger charge is -2.62. The third kappa shape index (κ3) is 4.64. The number of hydrogen-bond acceptors (Lipinski definition) is 5. The number of hydrogen-bond donors (Lipinski definition) is 1. The van der Waals surface area contributed by atoms with E-state index in [4.69, 9.17) is 4.98 Å². The molecule has 7 rings (SSSR count). The van der Waals surface area contributed by atoms with Crippen LogP contribution in [0, 0.1) is 18.8 Å². The molecule has 206 valence electrons. The van der Waals surface area contributed by atoms with Gasteiger partial charge in [0.05, 0.1) is 10.6 Å². The van der Waals surface area contributed by atoms with E-state index >= 15 is 0 Å². The highest BCUT2D eigenvalue weighted by atomic mass is 32.2. The molecule has 0 saturated heterocycles. The molecule has 4 bridgehead atoms. The molecule has 0 radical (unpaired) electrons. The topological polar surface area (TPSA) is 79.4 Å². The molecule has 4 aliphatic rings. The van der Waals surface area contributed by atoms with E-state index in [0.717, 1.165) is 24.0 Å². The number of carbonyl (C=O) groups excluding carboxylic acids is 1. The molecule has 1 amide bonds. The number of anilines is 1. The van der Waals surface area contributed by atoms with Gasteiger partial charge < -0.3 is 0 Å². The lowest BCUT2D eigenvalue weighted by molar-refractivity contribution is -0.0296. The Morgan fingerprint density at radius 3 is 2.21 bits per heavy atom. The summed E-state index contributed by atoms with van der Waals surface area (Å²) in [6.45, 7) is 6.59. The zero-order valence-corrected chi connectivity index (χ0v) is 24.6. The van der Waals surface area contributed by atoms with E-state index in [1.807, 2.05) is 13.8 Å². The molecule has 1 aromatic heterocycles. The largest absolute Gasteiger partial charge is 0.298 e. The molecule has 3 aromatic rings. The molecule has 6 nitrogen and oxygen atoms in total. The van der Waals surface area contributed by atoms with Crippen LogP contribution < -0.4 is 5.32 Å². The summed E-state index contributed by atoms with van der Waals surface area (Å²) in [7, 11) is -3.56. The Kier molecular flexibility index (Phi) is 6.71. The lowest BCUT2D eigenvalue weighted by atomic mass is 9.42. The second-order valence-electron chi connectivity index (χ2n) is 12.0. The van der Waals surface area contributed by atoms with Crippen molar-refractivity contribution in [3.63, 3.8) is 0 Å². The molecule has 4 aliphatic carbocycles. The SMILES string of the molecule is CCN(CC)S(=O)(=O)c1ccc(C(=O)Nc2nc(C34C[C@@H]5C[C@H](CC(c6ccc(C)cc6)(C5)C3)C4)cs2)cc1. The number of aromatic nitrogens is 1. The maximum atomic E-state index is 13.0. The number of nitrogens with zero attached hydrogens (tertiary/aromatic N) is 2. The Labute approximate surface area is 235 Å². The number of sulfonamides is 1. The first kappa shape index (κ1) is 26.7. The second kappa shape index (κ2) is 9.82. The predicted molar refractivity (Wildman–Crippen MR) is 156 cm³/mol. The van der Waals surface area contributed by atoms with Gasteiger partial charge >= 0.3 is 0 Å². The third-order valence-electron chi connectivity index (χ3n) is 9.45. The summed E-state index contributed by atoms with van der Waals surface area (Å²) in [5.74, 6) is 1.20. The van der Waals surface area contributed by atoms with Gasteiger partial charge in [-0.2, -0.15) is 4.31 Å². The smallest absolute Gasteiger partial charge is 0.257 e. The standard InChI is InChI=1S/C31H37N3O3S2/c1-4-34(5-2)39(36,37)26-12-8-24(9-13-26)28(35)33-29-32-27(19-38-29)31-17-22-14-23(18-31)16-30(15-22,20-31)25-10-6-21(3)7-11-25/h6-13,19,22-23H,4-5,14-18,20H2,1-3H3,(H,32,33,35)/t22-,23-,30?,31?/m1/s1. The number of thiazole rings is 1. The molecule has 8 heteroatoms. The van der Waals surface area contributed by atoms with E-state index in [1.54, 1.807) is 12.1 Å². The van der Waals surface area contributed by atoms with Gasteiger partial charge in [-0.15, -0.1) is 11.3 Å². The van der Waals surface area contributed by atoms with E-state index in [9.17, 15) is 13.2 Å². The summed E-state index contributed by atoms with van der Waals surface area (Å²) in [6, 6.07) is 15.4. The van der Waals surface area contributed by atoms with Gasteiger partial charge in [0.2, 0.25) is 10.0 Å². The zero-order valence-electron chi connectivity index (χ0n) is 22.9. The fraction of sp³-hybridized carbons (Fsp3) is 0.484. The molecule has 39 heavy (non-hydrogen) atoms. The van der Waals surface area contributed by atoms with Gasteiger partial charge in [-0.1, -0.05) is 43.7 Å². The highest BCUT2D eigenvalue weighted by Gasteiger charge is 2.59. The minimum atomic E-state index is -3.56. The number of amides is 1. The van der Waals surface area contributed by atoms with Crippen molar-refractivity contribution in [1.82, 2.24) is 9.29 Å². The van der Waals surface area contributed by atoms with Crippen LogP contribution in [-0.4, -0.2) is 36.7 Å². The van der Waals surface area contributed by atoms with E-state index in [0.29, 0.717) is 23.8 Å². The monoisotopic (exact) mass is 563 g/mol. The van der Waals surface area contributed by atoms with Crippen molar-refractivity contribution in [2.45, 2.75) is 75.0 Å². The molecule has 4 fully saturated rings. The maximum absolute atomic E-state index is 13.0. The minimum Gasteiger partial charge on any atom is -0.298 e.